The van der Waals surface area contributed by atoms with E-state index in [1.165, 1.54) is 16.8 Å². The first-order chi connectivity index (χ1) is 12.6. The minimum atomic E-state index is -2.56. The van der Waals surface area contributed by atoms with Crippen molar-refractivity contribution in [2.24, 2.45) is 11.7 Å². The molecule has 0 bridgehead atoms. The molecule has 2 N–H and O–H groups in total. The predicted octanol–water partition coefficient (Wildman–Crippen LogP) is 3.57. The summed E-state index contributed by atoms with van der Waals surface area (Å²) < 4.78 is 32.1. The number of alkyl halides is 2. The molecule has 0 aliphatic carbocycles. The van der Waals surface area contributed by atoms with Crippen molar-refractivity contribution in [2.75, 3.05) is 26.2 Å². The van der Waals surface area contributed by atoms with Crippen LogP contribution in [0, 0.1) is 12.8 Å². The Balaban J connectivity index is 1.55. The smallest absolute Gasteiger partial charge is 0.281 e. The van der Waals surface area contributed by atoms with E-state index in [2.05, 4.69) is 14.9 Å². The van der Waals surface area contributed by atoms with Crippen LogP contribution in [-0.2, 0) is 0 Å². The zero-order valence-corrected chi connectivity index (χ0v) is 15.6. The molecule has 1 aliphatic rings. The van der Waals surface area contributed by atoms with Crippen molar-refractivity contribution in [3.05, 3.63) is 40.0 Å². The molecule has 26 heavy (non-hydrogen) atoms. The molecular weight excluding hydrogens is 358 g/mol. The van der Waals surface area contributed by atoms with Crippen LogP contribution in [0.1, 0.15) is 41.4 Å². The molecule has 3 rings (SSSR count). The third kappa shape index (κ3) is 4.36. The molecule has 2 aromatic heterocycles. The van der Waals surface area contributed by atoms with Crippen LogP contribution < -0.4 is 10.5 Å². The number of pyridine rings is 1. The first kappa shape index (κ1) is 19.1. The highest BCUT2D eigenvalue weighted by atomic mass is 32.1. The van der Waals surface area contributed by atoms with E-state index in [0.29, 0.717) is 29.8 Å². The molecular formula is C18H24F2N4OS. The Morgan fingerprint density at radius 2 is 2.12 bits per heavy atom. The van der Waals surface area contributed by atoms with Gasteiger partial charge in [-0.3, -0.25) is 4.90 Å². The summed E-state index contributed by atoms with van der Waals surface area (Å²) in [6.07, 6.45) is 1.07. The number of nitrogens with zero attached hydrogens (tertiary/aromatic N) is 3. The van der Waals surface area contributed by atoms with Crippen molar-refractivity contribution in [1.29, 1.82) is 0 Å². The van der Waals surface area contributed by atoms with Gasteiger partial charge in [-0.1, -0.05) is 6.07 Å². The summed E-state index contributed by atoms with van der Waals surface area (Å²) in [7, 11) is 0. The lowest BCUT2D eigenvalue weighted by atomic mass is 9.96. The lowest BCUT2D eigenvalue weighted by Crippen LogP contribution is -2.41. The Bertz CT molecular complexity index is 704. The van der Waals surface area contributed by atoms with Crippen molar-refractivity contribution in [2.45, 2.75) is 32.2 Å². The summed E-state index contributed by atoms with van der Waals surface area (Å²) in [6.45, 7) is 4.56. The van der Waals surface area contributed by atoms with Crippen LogP contribution in [0.2, 0.25) is 0 Å². The molecule has 0 aromatic carbocycles. The van der Waals surface area contributed by atoms with Crippen molar-refractivity contribution in [1.82, 2.24) is 14.9 Å². The molecule has 5 nitrogen and oxygen atoms in total. The lowest BCUT2D eigenvalue weighted by molar-refractivity contribution is 0.104. The van der Waals surface area contributed by atoms with Crippen LogP contribution in [0.15, 0.2) is 23.8 Å². The maximum absolute atomic E-state index is 13.1. The van der Waals surface area contributed by atoms with E-state index in [-0.39, 0.29) is 11.7 Å². The number of ether oxygens (including phenoxy) is 1. The highest BCUT2D eigenvalue weighted by Gasteiger charge is 2.30. The standard InChI is InChI=1S/C18H24F2N4OS/c1-12-3-2-6-22-18(12)25-10-13-4-7-24(8-5-13)14(9-21)16-15(17(19)20)23-11-26-16/h2-3,6,11,13-14,17H,4-5,7-10,21H2,1H3. The van der Waals surface area contributed by atoms with Gasteiger partial charge in [-0.25, -0.2) is 18.7 Å². The number of likely N-dealkylation sites (tertiary alicyclic amines) is 1. The molecule has 0 radical (unpaired) electrons. The van der Waals surface area contributed by atoms with Crippen molar-refractivity contribution >= 4 is 11.3 Å². The number of aryl methyl sites for hydroxylation is 1. The van der Waals surface area contributed by atoms with E-state index >= 15 is 0 Å². The molecule has 3 heterocycles. The van der Waals surface area contributed by atoms with Gasteiger partial charge in [-0.15, -0.1) is 11.3 Å². The summed E-state index contributed by atoms with van der Waals surface area (Å²) in [5.74, 6) is 1.11. The molecule has 1 saturated heterocycles. The number of aromatic nitrogens is 2. The Labute approximate surface area is 156 Å². The SMILES string of the molecule is Cc1cccnc1OCC1CCN(C(CN)c2scnc2C(F)F)CC1. The Hall–Kier alpha value is -1.64. The topological polar surface area (TPSA) is 64.3 Å². The molecule has 1 unspecified atom stereocenters. The zero-order chi connectivity index (χ0) is 18.5. The van der Waals surface area contributed by atoms with Crippen molar-refractivity contribution in [3.8, 4) is 5.88 Å². The molecule has 1 fully saturated rings. The maximum Gasteiger partial charge on any atom is 0.281 e. The van der Waals surface area contributed by atoms with Gasteiger partial charge in [-0.2, -0.15) is 0 Å². The number of hydrogen-bond acceptors (Lipinski definition) is 6. The second-order valence-corrected chi connectivity index (χ2v) is 7.46. The molecule has 8 heteroatoms. The van der Waals surface area contributed by atoms with E-state index in [0.717, 1.165) is 31.5 Å². The molecule has 2 aromatic rings. The minimum absolute atomic E-state index is 0.124. The molecule has 1 atom stereocenters. The van der Waals surface area contributed by atoms with Gasteiger partial charge in [0.2, 0.25) is 5.88 Å². The summed E-state index contributed by atoms with van der Waals surface area (Å²) in [4.78, 5) is 10.9. The monoisotopic (exact) mass is 382 g/mol. The van der Waals surface area contributed by atoms with Crippen LogP contribution in [0.3, 0.4) is 0 Å². The van der Waals surface area contributed by atoms with Gasteiger partial charge in [0, 0.05) is 18.3 Å². The summed E-state index contributed by atoms with van der Waals surface area (Å²) in [5, 5.41) is 0. The summed E-state index contributed by atoms with van der Waals surface area (Å²) in [6, 6.07) is 3.68. The van der Waals surface area contributed by atoms with E-state index in [1.54, 1.807) is 6.20 Å². The number of nitrogens with two attached hydrogens (primary N) is 1. The van der Waals surface area contributed by atoms with Gasteiger partial charge < -0.3 is 10.5 Å². The Morgan fingerprint density at radius 1 is 1.35 bits per heavy atom. The molecule has 0 saturated carbocycles. The quantitative estimate of drug-likeness (QED) is 0.793. The van der Waals surface area contributed by atoms with Gasteiger partial charge in [0.1, 0.15) is 5.69 Å². The predicted molar refractivity (Wildman–Crippen MR) is 97.6 cm³/mol. The molecule has 142 valence electrons. The van der Waals surface area contributed by atoms with E-state index in [1.807, 2.05) is 19.1 Å². The second kappa shape index (κ2) is 8.83. The van der Waals surface area contributed by atoms with Crippen LogP contribution in [-0.4, -0.2) is 41.1 Å². The van der Waals surface area contributed by atoms with E-state index in [4.69, 9.17) is 10.5 Å². The van der Waals surface area contributed by atoms with Gasteiger partial charge in [-0.05, 0) is 44.8 Å². The van der Waals surface area contributed by atoms with Crippen LogP contribution in [0.5, 0.6) is 5.88 Å². The zero-order valence-electron chi connectivity index (χ0n) is 14.8. The lowest BCUT2D eigenvalue weighted by Gasteiger charge is -2.36. The highest BCUT2D eigenvalue weighted by molar-refractivity contribution is 7.09. The molecule has 1 aliphatic heterocycles. The number of thiazole rings is 1. The van der Waals surface area contributed by atoms with Crippen LogP contribution in [0.4, 0.5) is 8.78 Å². The fraction of sp³-hybridized carbons (Fsp3) is 0.556. The van der Waals surface area contributed by atoms with E-state index < -0.39 is 6.43 Å². The van der Waals surface area contributed by atoms with Crippen molar-refractivity contribution < 1.29 is 13.5 Å². The van der Waals surface area contributed by atoms with Gasteiger partial charge in [0.25, 0.3) is 6.43 Å². The highest BCUT2D eigenvalue weighted by Crippen LogP contribution is 2.34. The van der Waals surface area contributed by atoms with Crippen LogP contribution >= 0.6 is 11.3 Å². The minimum Gasteiger partial charge on any atom is -0.477 e. The van der Waals surface area contributed by atoms with Gasteiger partial charge >= 0.3 is 0 Å². The average Bonchev–Trinajstić information content (AvgIpc) is 3.12. The number of piperidine rings is 1. The number of hydrogen-bond donors (Lipinski definition) is 1. The normalized spacial score (nSPS) is 17.6. The number of rotatable bonds is 7. The first-order valence-electron chi connectivity index (χ1n) is 8.80. The second-order valence-electron chi connectivity index (χ2n) is 6.57. The third-order valence-corrected chi connectivity index (χ3v) is 5.81. The van der Waals surface area contributed by atoms with Crippen molar-refractivity contribution in [3.63, 3.8) is 0 Å². The average molecular weight is 382 g/mol. The number of halogens is 2. The summed E-state index contributed by atoms with van der Waals surface area (Å²) >= 11 is 1.27. The fourth-order valence-electron chi connectivity index (χ4n) is 3.35. The van der Waals surface area contributed by atoms with Gasteiger partial charge in [0.05, 0.1) is 23.0 Å². The van der Waals surface area contributed by atoms with E-state index in [9.17, 15) is 8.78 Å². The maximum atomic E-state index is 13.1. The Kier molecular flexibility index (Phi) is 6.50. The van der Waals surface area contributed by atoms with Gasteiger partial charge in [0.15, 0.2) is 0 Å². The summed E-state index contributed by atoms with van der Waals surface area (Å²) in [5.41, 5.74) is 8.29. The van der Waals surface area contributed by atoms with Crippen LogP contribution in [0.25, 0.3) is 0 Å². The third-order valence-electron chi connectivity index (χ3n) is 4.86. The molecule has 0 spiro atoms. The first-order valence-corrected chi connectivity index (χ1v) is 9.68. The molecule has 0 amide bonds. The Morgan fingerprint density at radius 3 is 2.77 bits per heavy atom. The fourth-order valence-corrected chi connectivity index (χ4v) is 4.29. The largest absolute Gasteiger partial charge is 0.477 e.